The third-order valence-electron chi connectivity index (χ3n) is 1.98. The molecule has 1 rings (SSSR count). The summed E-state index contributed by atoms with van der Waals surface area (Å²) in [5.74, 6) is 0. The molecule has 0 saturated carbocycles. The van der Waals surface area contributed by atoms with Crippen LogP contribution in [0.4, 0.5) is 0 Å². The smallest absolute Gasteiger partial charge is 0.0655 e. The maximum absolute atomic E-state index is 5.92. The van der Waals surface area contributed by atoms with Crippen LogP contribution in [0.2, 0.25) is 0 Å². The summed E-state index contributed by atoms with van der Waals surface area (Å²) in [6.07, 6.45) is 0. The van der Waals surface area contributed by atoms with E-state index < -0.39 is 0 Å². The van der Waals surface area contributed by atoms with Gasteiger partial charge in [-0.1, -0.05) is 22.0 Å². The SMILES string of the molecule is COCC(N)c1ccc(Br)cc1C. The summed E-state index contributed by atoms with van der Waals surface area (Å²) in [5.41, 5.74) is 8.25. The first-order valence-corrected chi connectivity index (χ1v) is 4.95. The van der Waals surface area contributed by atoms with E-state index in [9.17, 15) is 0 Å². The van der Waals surface area contributed by atoms with Crippen molar-refractivity contribution in [3.05, 3.63) is 33.8 Å². The molecule has 0 fully saturated rings. The van der Waals surface area contributed by atoms with Crippen LogP contribution in [0.15, 0.2) is 22.7 Å². The lowest BCUT2D eigenvalue weighted by molar-refractivity contribution is 0.180. The van der Waals surface area contributed by atoms with Crippen LogP contribution in [0.5, 0.6) is 0 Å². The Hall–Kier alpha value is -0.380. The Bertz CT molecular complexity index is 288. The van der Waals surface area contributed by atoms with Crippen molar-refractivity contribution in [3.63, 3.8) is 0 Å². The molecule has 0 bridgehead atoms. The van der Waals surface area contributed by atoms with Crippen LogP contribution in [0.3, 0.4) is 0 Å². The number of rotatable bonds is 3. The highest BCUT2D eigenvalue weighted by atomic mass is 79.9. The lowest BCUT2D eigenvalue weighted by Crippen LogP contribution is -2.17. The molecule has 0 aromatic heterocycles. The summed E-state index contributed by atoms with van der Waals surface area (Å²) in [4.78, 5) is 0. The summed E-state index contributed by atoms with van der Waals surface area (Å²) in [5, 5.41) is 0. The number of benzene rings is 1. The molecule has 0 saturated heterocycles. The zero-order valence-electron chi connectivity index (χ0n) is 7.88. The fourth-order valence-corrected chi connectivity index (χ4v) is 1.80. The molecule has 0 amide bonds. The number of hydrogen-bond acceptors (Lipinski definition) is 2. The Morgan fingerprint density at radius 3 is 2.77 bits per heavy atom. The summed E-state index contributed by atoms with van der Waals surface area (Å²) < 4.78 is 6.09. The van der Waals surface area contributed by atoms with Crippen LogP contribution in [0.25, 0.3) is 0 Å². The lowest BCUT2D eigenvalue weighted by atomic mass is 10.0. The molecule has 0 aliphatic carbocycles. The van der Waals surface area contributed by atoms with E-state index in [1.165, 1.54) is 5.56 Å². The molecule has 72 valence electrons. The average Bonchev–Trinajstić information content (AvgIpc) is 2.04. The summed E-state index contributed by atoms with van der Waals surface area (Å²) in [6, 6.07) is 6.06. The number of nitrogens with two attached hydrogens (primary N) is 1. The maximum atomic E-state index is 5.92. The van der Waals surface area contributed by atoms with Gasteiger partial charge in [-0.2, -0.15) is 0 Å². The molecule has 1 aromatic carbocycles. The summed E-state index contributed by atoms with van der Waals surface area (Å²) >= 11 is 3.41. The van der Waals surface area contributed by atoms with Gasteiger partial charge in [-0.15, -0.1) is 0 Å². The van der Waals surface area contributed by atoms with Gasteiger partial charge in [0.25, 0.3) is 0 Å². The van der Waals surface area contributed by atoms with Crippen LogP contribution in [0, 0.1) is 6.92 Å². The van der Waals surface area contributed by atoms with Gasteiger partial charge in [0, 0.05) is 11.6 Å². The second kappa shape index (κ2) is 4.74. The molecule has 0 aliphatic rings. The topological polar surface area (TPSA) is 35.2 Å². The molecular formula is C10H14BrNO. The molecule has 2 N–H and O–H groups in total. The first-order chi connectivity index (χ1) is 6.15. The third kappa shape index (κ3) is 2.79. The second-order valence-corrected chi connectivity index (χ2v) is 3.98. The predicted octanol–water partition coefficient (Wildman–Crippen LogP) is 2.40. The van der Waals surface area contributed by atoms with Gasteiger partial charge >= 0.3 is 0 Å². The minimum Gasteiger partial charge on any atom is -0.383 e. The van der Waals surface area contributed by atoms with Crippen molar-refractivity contribution in [1.29, 1.82) is 0 Å². The predicted molar refractivity (Wildman–Crippen MR) is 57.7 cm³/mol. The molecule has 0 aliphatic heterocycles. The van der Waals surface area contributed by atoms with Crippen molar-refractivity contribution >= 4 is 15.9 Å². The first kappa shape index (κ1) is 10.7. The van der Waals surface area contributed by atoms with Crippen molar-refractivity contribution in [2.45, 2.75) is 13.0 Å². The Kier molecular flexibility index (Phi) is 3.90. The average molecular weight is 244 g/mol. The van der Waals surface area contributed by atoms with Gasteiger partial charge < -0.3 is 10.5 Å². The van der Waals surface area contributed by atoms with Gasteiger partial charge in [0.1, 0.15) is 0 Å². The van der Waals surface area contributed by atoms with E-state index in [4.69, 9.17) is 10.5 Å². The molecule has 3 heteroatoms. The van der Waals surface area contributed by atoms with E-state index >= 15 is 0 Å². The number of halogens is 1. The Morgan fingerprint density at radius 2 is 2.23 bits per heavy atom. The maximum Gasteiger partial charge on any atom is 0.0655 e. The Balaban J connectivity index is 2.88. The Labute approximate surface area is 87.2 Å². The standard InChI is InChI=1S/C10H14BrNO/c1-7-5-8(11)3-4-9(7)10(12)6-13-2/h3-5,10H,6,12H2,1-2H3. The quantitative estimate of drug-likeness (QED) is 0.886. The third-order valence-corrected chi connectivity index (χ3v) is 2.47. The molecule has 0 spiro atoms. The van der Waals surface area contributed by atoms with Crippen LogP contribution >= 0.6 is 15.9 Å². The van der Waals surface area contributed by atoms with Crippen molar-refractivity contribution in [3.8, 4) is 0 Å². The van der Waals surface area contributed by atoms with Gasteiger partial charge in [0.05, 0.1) is 12.6 Å². The van der Waals surface area contributed by atoms with Gasteiger partial charge in [-0.3, -0.25) is 0 Å². The highest BCUT2D eigenvalue weighted by Crippen LogP contribution is 2.20. The number of aryl methyl sites for hydroxylation is 1. The number of hydrogen-bond donors (Lipinski definition) is 1. The van der Waals surface area contributed by atoms with E-state index in [0.717, 1.165) is 10.0 Å². The number of methoxy groups -OCH3 is 1. The largest absolute Gasteiger partial charge is 0.383 e. The molecule has 0 heterocycles. The monoisotopic (exact) mass is 243 g/mol. The molecule has 1 unspecified atom stereocenters. The van der Waals surface area contributed by atoms with Crippen molar-refractivity contribution in [1.82, 2.24) is 0 Å². The van der Waals surface area contributed by atoms with Gasteiger partial charge in [0.15, 0.2) is 0 Å². The van der Waals surface area contributed by atoms with Crippen molar-refractivity contribution in [2.24, 2.45) is 5.73 Å². The fourth-order valence-electron chi connectivity index (χ4n) is 1.32. The first-order valence-electron chi connectivity index (χ1n) is 4.15. The fraction of sp³-hybridized carbons (Fsp3) is 0.400. The van der Waals surface area contributed by atoms with Crippen LogP contribution in [-0.4, -0.2) is 13.7 Å². The minimum atomic E-state index is -0.0295. The lowest BCUT2D eigenvalue weighted by Gasteiger charge is -2.13. The minimum absolute atomic E-state index is 0.0295. The second-order valence-electron chi connectivity index (χ2n) is 3.06. The van der Waals surface area contributed by atoms with E-state index in [1.807, 2.05) is 12.1 Å². The van der Waals surface area contributed by atoms with E-state index in [1.54, 1.807) is 7.11 Å². The molecular weight excluding hydrogens is 230 g/mol. The Morgan fingerprint density at radius 1 is 1.54 bits per heavy atom. The molecule has 0 radical (unpaired) electrons. The zero-order chi connectivity index (χ0) is 9.84. The summed E-state index contributed by atoms with van der Waals surface area (Å²) in [7, 11) is 1.66. The van der Waals surface area contributed by atoms with Gasteiger partial charge in [-0.05, 0) is 30.2 Å². The van der Waals surface area contributed by atoms with Crippen LogP contribution in [-0.2, 0) is 4.74 Å². The van der Waals surface area contributed by atoms with Crippen molar-refractivity contribution in [2.75, 3.05) is 13.7 Å². The van der Waals surface area contributed by atoms with Crippen molar-refractivity contribution < 1.29 is 4.74 Å². The zero-order valence-corrected chi connectivity index (χ0v) is 9.47. The van der Waals surface area contributed by atoms with Crippen LogP contribution in [0.1, 0.15) is 17.2 Å². The molecule has 2 nitrogen and oxygen atoms in total. The highest BCUT2D eigenvalue weighted by Gasteiger charge is 2.07. The molecule has 13 heavy (non-hydrogen) atoms. The van der Waals surface area contributed by atoms with Crippen LogP contribution < -0.4 is 5.73 Å². The van der Waals surface area contributed by atoms with Gasteiger partial charge in [-0.25, -0.2) is 0 Å². The van der Waals surface area contributed by atoms with Gasteiger partial charge in [0.2, 0.25) is 0 Å². The molecule has 1 atom stereocenters. The van der Waals surface area contributed by atoms with E-state index in [2.05, 4.69) is 28.9 Å². The molecule has 1 aromatic rings. The highest BCUT2D eigenvalue weighted by molar-refractivity contribution is 9.10. The normalized spacial score (nSPS) is 12.9. The number of ether oxygens (including phenoxy) is 1. The van der Waals surface area contributed by atoms with E-state index in [0.29, 0.717) is 6.61 Å². The summed E-state index contributed by atoms with van der Waals surface area (Å²) in [6.45, 7) is 2.61. The van der Waals surface area contributed by atoms with E-state index in [-0.39, 0.29) is 6.04 Å².